The molecule has 0 spiro atoms. The molecule has 2 unspecified atom stereocenters. The minimum atomic E-state index is -4.05. The number of carbonyl (C=O) groups is 1. The van der Waals surface area contributed by atoms with E-state index in [1.807, 2.05) is 0 Å². The van der Waals surface area contributed by atoms with E-state index in [0.717, 1.165) is 6.07 Å². The van der Waals surface area contributed by atoms with Crippen molar-refractivity contribution in [3.63, 3.8) is 0 Å². The van der Waals surface area contributed by atoms with Crippen LogP contribution in [0.25, 0.3) is 0 Å². The molecule has 38 heavy (non-hydrogen) atoms. The first-order valence-corrected chi connectivity index (χ1v) is 13.8. The zero-order valence-electron chi connectivity index (χ0n) is 20.2. The fourth-order valence-electron chi connectivity index (χ4n) is 5.10. The van der Waals surface area contributed by atoms with Gasteiger partial charge in [-0.05, 0) is 56.2 Å². The van der Waals surface area contributed by atoms with Crippen molar-refractivity contribution in [2.45, 2.75) is 54.1 Å². The number of fused-ring (bicyclic) bond motifs is 2. The van der Waals surface area contributed by atoms with Crippen molar-refractivity contribution in [3.8, 4) is 0 Å². The fraction of sp³-hybridized carbons (Fsp3) is 0.480. The number of sulfone groups is 1. The summed E-state index contributed by atoms with van der Waals surface area (Å²) in [6.07, 6.45) is -1.26. The van der Waals surface area contributed by atoms with Crippen molar-refractivity contribution in [1.29, 1.82) is 0 Å². The van der Waals surface area contributed by atoms with E-state index in [4.69, 9.17) is 16.3 Å². The number of hydrogen-bond acceptors (Lipinski definition) is 7. The van der Waals surface area contributed by atoms with Crippen molar-refractivity contribution in [2.75, 3.05) is 18.5 Å². The van der Waals surface area contributed by atoms with Gasteiger partial charge < -0.3 is 25.4 Å². The minimum Gasteiger partial charge on any atom is -0.391 e. The van der Waals surface area contributed by atoms with Crippen LogP contribution >= 0.6 is 11.6 Å². The van der Waals surface area contributed by atoms with Crippen molar-refractivity contribution in [1.82, 2.24) is 0 Å². The Kier molecular flexibility index (Phi) is 8.14. The molecule has 3 aliphatic rings. The Morgan fingerprint density at radius 1 is 1.13 bits per heavy atom. The predicted octanol–water partition coefficient (Wildman–Crippen LogP) is 3.07. The van der Waals surface area contributed by atoms with Gasteiger partial charge in [-0.15, -0.1) is 0 Å². The molecule has 4 atom stereocenters. The largest absolute Gasteiger partial charge is 0.391 e. The fourth-order valence-corrected chi connectivity index (χ4v) is 7.50. The Bertz CT molecular complexity index is 1310. The quantitative estimate of drug-likeness (QED) is 0.337. The highest BCUT2D eigenvalue weighted by Gasteiger charge is 2.60. The second-order valence-corrected chi connectivity index (χ2v) is 12.5. The van der Waals surface area contributed by atoms with Crippen LogP contribution in [0.3, 0.4) is 0 Å². The van der Waals surface area contributed by atoms with Crippen LogP contribution in [0.2, 0.25) is 5.02 Å². The smallest absolute Gasteiger partial charge is 0.255 e. The molecular formula is C25H27ClF3NO7S. The van der Waals surface area contributed by atoms with E-state index in [1.165, 1.54) is 19.1 Å². The number of nitrogens with one attached hydrogen (secondary N) is 1. The Labute approximate surface area is 222 Å². The summed E-state index contributed by atoms with van der Waals surface area (Å²) in [5.41, 5.74) is -1.77. The van der Waals surface area contributed by atoms with Crippen LogP contribution in [0.5, 0.6) is 0 Å². The van der Waals surface area contributed by atoms with E-state index in [1.54, 1.807) is 0 Å². The van der Waals surface area contributed by atoms with Gasteiger partial charge in [0.25, 0.3) is 5.91 Å². The summed E-state index contributed by atoms with van der Waals surface area (Å²) >= 11 is 6.19. The molecule has 0 heterocycles. The van der Waals surface area contributed by atoms with Crippen LogP contribution in [-0.4, -0.2) is 65.9 Å². The Balaban J connectivity index is 1.47. The highest BCUT2D eigenvalue weighted by Crippen LogP contribution is 2.55. The molecule has 2 aromatic carbocycles. The molecule has 13 heteroatoms. The molecule has 3 fully saturated rings. The summed E-state index contributed by atoms with van der Waals surface area (Å²) in [7, 11) is -4.05. The monoisotopic (exact) mass is 577 g/mol. The number of anilines is 1. The summed E-state index contributed by atoms with van der Waals surface area (Å²) in [6.45, 7) is 1.12. The highest BCUT2D eigenvalue weighted by molar-refractivity contribution is 7.92. The lowest BCUT2D eigenvalue weighted by atomic mass is 9.54. The van der Waals surface area contributed by atoms with Gasteiger partial charge in [0.15, 0.2) is 27.3 Å². The van der Waals surface area contributed by atoms with Gasteiger partial charge in [-0.25, -0.2) is 21.6 Å². The van der Waals surface area contributed by atoms with Gasteiger partial charge in [0.2, 0.25) is 0 Å². The Morgan fingerprint density at radius 2 is 1.74 bits per heavy atom. The number of aliphatic hydroxyl groups is 3. The average Bonchev–Trinajstić information content (AvgIpc) is 2.86. The maximum absolute atomic E-state index is 13.5. The average molecular weight is 578 g/mol. The molecular weight excluding hydrogens is 551 g/mol. The molecule has 0 aliphatic heterocycles. The molecule has 5 rings (SSSR count). The number of halogens is 4. The predicted molar refractivity (Wildman–Crippen MR) is 131 cm³/mol. The standard InChI is InChI=1S/C25H27ClF3NO7S/c1-12(31)21(32)10-37-11-25(34)14-5-15(25)7-17(6-14)38(35,36)22-4-13(2-3-18(22)26)24(33)30-16-8-19(27)23(29)20(28)9-16/h2-4,8-9,12,14-15,17,21,31-32,34H,5-7,10-11H2,1H3,(H,30,33)/t12-,14?,15?,17?,21-,25?/m0/s1. The number of rotatable bonds is 9. The van der Waals surface area contributed by atoms with E-state index < -0.39 is 56.3 Å². The molecule has 208 valence electrons. The third-order valence-corrected chi connectivity index (χ3v) is 10.1. The zero-order chi connectivity index (χ0) is 28.0. The first kappa shape index (κ1) is 28.8. The van der Waals surface area contributed by atoms with Crippen molar-refractivity contribution >= 4 is 33.0 Å². The van der Waals surface area contributed by atoms with Crippen LogP contribution in [-0.2, 0) is 14.6 Å². The number of aliphatic hydroxyl groups excluding tert-OH is 2. The lowest BCUT2D eigenvalue weighted by Crippen LogP contribution is -2.64. The van der Waals surface area contributed by atoms with Gasteiger partial charge in [-0.1, -0.05) is 11.6 Å². The molecule has 8 nitrogen and oxygen atoms in total. The molecule has 0 radical (unpaired) electrons. The first-order chi connectivity index (χ1) is 17.7. The Morgan fingerprint density at radius 3 is 2.32 bits per heavy atom. The van der Waals surface area contributed by atoms with Crippen LogP contribution in [0.4, 0.5) is 18.9 Å². The van der Waals surface area contributed by atoms with E-state index in [9.17, 15) is 41.7 Å². The van der Waals surface area contributed by atoms with Crippen molar-refractivity contribution in [3.05, 3.63) is 58.4 Å². The highest BCUT2D eigenvalue weighted by atomic mass is 35.5. The number of hydrogen-bond donors (Lipinski definition) is 4. The number of benzene rings is 2. The number of ether oxygens (including phenoxy) is 1. The third kappa shape index (κ3) is 5.43. The second kappa shape index (κ2) is 10.7. The van der Waals surface area contributed by atoms with Gasteiger partial charge in [0.1, 0.15) is 6.10 Å². The van der Waals surface area contributed by atoms with Gasteiger partial charge >= 0.3 is 0 Å². The summed E-state index contributed by atoms with van der Waals surface area (Å²) in [4.78, 5) is 12.4. The van der Waals surface area contributed by atoms with Crippen LogP contribution in [0.15, 0.2) is 35.2 Å². The third-order valence-electron chi connectivity index (χ3n) is 7.44. The van der Waals surface area contributed by atoms with Crippen molar-refractivity contribution < 1.29 is 46.4 Å². The van der Waals surface area contributed by atoms with E-state index in [-0.39, 0.29) is 59.1 Å². The summed E-state index contributed by atoms with van der Waals surface area (Å²) < 4.78 is 72.5. The maximum Gasteiger partial charge on any atom is 0.255 e. The molecule has 2 aromatic rings. The summed E-state index contributed by atoms with van der Waals surface area (Å²) in [5, 5.41) is 31.3. The molecule has 0 saturated heterocycles. The van der Waals surface area contributed by atoms with Gasteiger partial charge in [0.05, 0.1) is 40.1 Å². The first-order valence-electron chi connectivity index (χ1n) is 11.9. The minimum absolute atomic E-state index is 0.111. The lowest BCUT2D eigenvalue weighted by Gasteiger charge is -2.58. The molecule has 3 aliphatic carbocycles. The number of carbonyl (C=O) groups excluding carboxylic acids is 1. The van der Waals surface area contributed by atoms with Gasteiger partial charge in [-0.3, -0.25) is 4.79 Å². The maximum atomic E-state index is 13.5. The summed E-state index contributed by atoms with van der Waals surface area (Å²) in [5.74, 6) is -6.33. The normalized spacial score (nSPS) is 26.4. The lowest BCUT2D eigenvalue weighted by molar-refractivity contribution is -0.211. The topological polar surface area (TPSA) is 133 Å². The van der Waals surface area contributed by atoms with Gasteiger partial charge in [0, 0.05) is 23.4 Å². The van der Waals surface area contributed by atoms with Gasteiger partial charge in [-0.2, -0.15) is 0 Å². The van der Waals surface area contributed by atoms with E-state index >= 15 is 0 Å². The molecule has 0 aromatic heterocycles. The molecule has 2 bridgehead atoms. The van der Waals surface area contributed by atoms with E-state index in [2.05, 4.69) is 5.32 Å². The van der Waals surface area contributed by atoms with Crippen molar-refractivity contribution in [2.24, 2.45) is 11.8 Å². The molecule has 3 saturated carbocycles. The molecule has 4 N–H and O–H groups in total. The number of amides is 1. The van der Waals surface area contributed by atoms with Crippen LogP contribution in [0.1, 0.15) is 36.5 Å². The second-order valence-electron chi connectivity index (χ2n) is 9.94. The zero-order valence-corrected chi connectivity index (χ0v) is 21.8. The van der Waals surface area contributed by atoms with E-state index in [0.29, 0.717) is 18.6 Å². The summed E-state index contributed by atoms with van der Waals surface area (Å²) in [6, 6.07) is 4.71. The van der Waals surface area contributed by atoms with Crippen LogP contribution in [0, 0.1) is 29.3 Å². The molecule has 1 amide bonds. The Hall–Kier alpha value is -2.22. The van der Waals surface area contributed by atoms with Crippen LogP contribution < -0.4 is 5.32 Å². The SMILES string of the molecule is C[C@H](O)[C@@H](O)COCC1(O)C2CC1CC(S(=O)(=O)c1cc(C(=O)Nc3cc(F)c(F)c(F)c3)ccc1Cl)C2.